The van der Waals surface area contributed by atoms with Crippen molar-refractivity contribution in [2.45, 2.75) is 71.1 Å². The zero-order valence-electron chi connectivity index (χ0n) is 16.4. The summed E-state index contributed by atoms with van der Waals surface area (Å²) < 4.78 is 5.87. The fourth-order valence-corrected chi connectivity index (χ4v) is 4.96. The van der Waals surface area contributed by atoms with Gasteiger partial charge in [-0.25, -0.2) is 0 Å². The Hall–Kier alpha value is -0.550. The molecular weight excluding hydrogens is 311 g/mol. The van der Waals surface area contributed by atoms with Gasteiger partial charge in [0.05, 0.1) is 12.3 Å². The number of benzene rings is 1. The Morgan fingerprint density at radius 3 is 1.83 bits per heavy atom. The van der Waals surface area contributed by atoms with Crippen LogP contribution in [-0.4, -0.2) is 32.3 Å². The number of unbranched alkanes of at least 4 members (excludes halogenated alkanes) is 9. The second kappa shape index (κ2) is 13.7. The molecule has 0 aliphatic carbocycles. The topological polar surface area (TPSA) is 9.23 Å². The number of hydrogen-bond donors (Lipinski definition) is 0. The Morgan fingerprint density at radius 1 is 0.708 bits per heavy atom. The molecule has 1 rings (SSSR count). The molecule has 0 aliphatic heterocycles. The molecule has 0 atom stereocenters. The monoisotopic (exact) mass is 351 g/mol. The van der Waals surface area contributed by atoms with Crippen LogP contribution in [0.15, 0.2) is 30.3 Å². The first-order valence-electron chi connectivity index (χ1n) is 10.1. The van der Waals surface area contributed by atoms with Crippen LogP contribution in [0.4, 0.5) is 0 Å². The third kappa shape index (κ3) is 11.9. The lowest BCUT2D eigenvalue weighted by molar-refractivity contribution is 0.342. The zero-order chi connectivity index (χ0) is 17.5. The molecule has 0 bridgehead atoms. The number of hydrogen-bond acceptors (Lipinski definition) is 1. The van der Waals surface area contributed by atoms with E-state index in [9.17, 15) is 0 Å². The smallest absolute Gasteiger partial charge is 0.122 e. The number of para-hydroxylation sites is 1. The molecule has 0 N–H and O–H groups in total. The molecule has 24 heavy (non-hydrogen) atoms. The SMILES string of the molecule is CCCCCCCCCCCC[P+](C)(C)CCOc1ccccc1. The fraction of sp³-hybridized carbons (Fsp3) is 0.727. The van der Waals surface area contributed by atoms with E-state index in [0.717, 1.165) is 12.4 Å². The van der Waals surface area contributed by atoms with Gasteiger partial charge in [0.1, 0.15) is 12.4 Å². The van der Waals surface area contributed by atoms with Crippen molar-refractivity contribution in [1.29, 1.82) is 0 Å². The molecule has 0 saturated heterocycles. The van der Waals surface area contributed by atoms with Gasteiger partial charge >= 0.3 is 0 Å². The lowest BCUT2D eigenvalue weighted by Crippen LogP contribution is -2.09. The molecule has 0 unspecified atom stereocenters. The molecule has 2 heteroatoms. The van der Waals surface area contributed by atoms with Crippen LogP contribution in [0.5, 0.6) is 5.75 Å². The van der Waals surface area contributed by atoms with Gasteiger partial charge in [-0.3, -0.25) is 0 Å². The van der Waals surface area contributed by atoms with Gasteiger partial charge in [-0.15, -0.1) is 0 Å². The van der Waals surface area contributed by atoms with Crippen molar-refractivity contribution >= 4 is 7.26 Å². The normalized spacial score (nSPS) is 11.6. The van der Waals surface area contributed by atoms with E-state index in [1.807, 2.05) is 30.3 Å². The summed E-state index contributed by atoms with van der Waals surface area (Å²) in [6.07, 6.45) is 17.0. The third-order valence-electron chi connectivity index (χ3n) is 4.83. The molecule has 0 radical (unpaired) electrons. The Balaban J connectivity index is 1.95. The Labute approximate surface area is 151 Å². The maximum absolute atomic E-state index is 5.87. The summed E-state index contributed by atoms with van der Waals surface area (Å²) in [6, 6.07) is 10.2. The second-order valence-corrected chi connectivity index (χ2v) is 12.5. The molecule has 1 aromatic carbocycles. The lowest BCUT2D eigenvalue weighted by Gasteiger charge is -2.18. The summed E-state index contributed by atoms with van der Waals surface area (Å²) in [4.78, 5) is 0. The minimum Gasteiger partial charge on any atom is -0.490 e. The van der Waals surface area contributed by atoms with E-state index in [-0.39, 0.29) is 0 Å². The lowest BCUT2D eigenvalue weighted by atomic mass is 10.1. The Bertz CT molecular complexity index is 388. The van der Waals surface area contributed by atoms with Crippen LogP contribution in [0.1, 0.15) is 71.1 Å². The highest BCUT2D eigenvalue weighted by Gasteiger charge is 2.24. The summed E-state index contributed by atoms with van der Waals surface area (Å²) in [5.41, 5.74) is 0. The summed E-state index contributed by atoms with van der Waals surface area (Å²) in [7, 11) is -0.778. The first-order valence-corrected chi connectivity index (χ1v) is 13.2. The van der Waals surface area contributed by atoms with E-state index in [1.54, 1.807) is 0 Å². The quantitative estimate of drug-likeness (QED) is 0.238. The molecule has 0 amide bonds. The molecule has 0 aromatic heterocycles. The Morgan fingerprint density at radius 2 is 1.25 bits per heavy atom. The van der Waals surface area contributed by atoms with Crippen molar-refractivity contribution in [3.8, 4) is 5.75 Å². The van der Waals surface area contributed by atoms with Gasteiger partial charge in [-0.2, -0.15) is 0 Å². The van der Waals surface area contributed by atoms with Crippen LogP contribution >= 0.6 is 7.26 Å². The van der Waals surface area contributed by atoms with Crippen molar-refractivity contribution in [2.75, 3.05) is 32.3 Å². The standard InChI is InChI=1S/C22H40OP/c1-4-5-6-7-8-9-10-11-12-16-20-24(2,3)21-19-23-22-17-14-13-15-18-22/h13-15,17-18H,4-12,16,19-21H2,1-3H3/q+1. The highest BCUT2D eigenvalue weighted by molar-refractivity contribution is 7.74. The van der Waals surface area contributed by atoms with Crippen molar-refractivity contribution in [2.24, 2.45) is 0 Å². The summed E-state index contributed by atoms with van der Waals surface area (Å²) >= 11 is 0. The van der Waals surface area contributed by atoms with E-state index in [4.69, 9.17) is 4.74 Å². The summed E-state index contributed by atoms with van der Waals surface area (Å²) in [5, 5.41) is 0. The van der Waals surface area contributed by atoms with Gasteiger partial charge in [-0.05, 0) is 25.0 Å². The van der Waals surface area contributed by atoms with Crippen molar-refractivity contribution in [3.63, 3.8) is 0 Å². The van der Waals surface area contributed by atoms with Gasteiger partial charge < -0.3 is 4.74 Å². The molecular formula is C22H40OP+. The largest absolute Gasteiger partial charge is 0.490 e. The second-order valence-electron chi connectivity index (χ2n) is 7.73. The maximum Gasteiger partial charge on any atom is 0.122 e. The summed E-state index contributed by atoms with van der Waals surface area (Å²) in [6.45, 7) is 8.16. The molecule has 138 valence electrons. The predicted molar refractivity (Wildman–Crippen MR) is 112 cm³/mol. The Kier molecular flexibility index (Phi) is 12.3. The number of rotatable bonds is 15. The van der Waals surface area contributed by atoms with Gasteiger partial charge in [0.2, 0.25) is 0 Å². The highest BCUT2D eigenvalue weighted by atomic mass is 31.2. The molecule has 0 saturated carbocycles. The molecule has 0 spiro atoms. The average molecular weight is 352 g/mol. The van der Waals surface area contributed by atoms with Gasteiger partial charge in [0, 0.05) is 20.6 Å². The predicted octanol–water partition coefficient (Wildman–Crippen LogP) is 7.26. The van der Waals surface area contributed by atoms with Crippen LogP contribution in [0.2, 0.25) is 0 Å². The molecule has 1 aromatic rings. The minimum atomic E-state index is -0.778. The van der Waals surface area contributed by atoms with E-state index in [1.165, 1.54) is 76.5 Å². The molecule has 0 fully saturated rings. The van der Waals surface area contributed by atoms with Crippen LogP contribution < -0.4 is 4.74 Å². The van der Waals surface area contributed by atoms with Gasteiger partial charge in [0.25, 0.3) is 0 Å². The maximum atomic E-state index is 5.87. The number of ether oxygens (including phenoxy) is 1. The summed E-state index contributed by atoms with van der Waals surface area (Å²) in [5.74, 6) is 1.01. The highest BCUT2D eigenvalue weighted by Crippen LogP contribution is 2.51. The first-order chi connectivity index (χ1) is 11.6. The molecule has 0 heterocycles. The van der Waals surface area contributed by atoms with Crippen LogP contribution in [-0.2, 0) is 0 Å². The van der Waals surface area contributed by atoms with Crippen molar-refractivity contribution < 1.29 is 4.74 Å². The average Bonchev–Trinajstić information content (AvgIpc) is 2.57. The first kappa shape index (κ1) is 21.5. The minimum absolute atomic E-state index is 0.778. The van der Waals surface area contributed by atoms with E-state index >= 15 is 0 Å². The van der Waals surface area contributed by atoms with Crippen molar-refractivity contribution in [1.82, 2.24) is 0 Å². The van der Waals surface area contributed by atoms with E-state index in [0.29, 0.717) is 0 Å². The third-order valence-corrected chi connectivity index (χ3v) is 7.75. The van der Waals surface area contributed by atoms with Crippen LogP contribution in [0, 0.1) is 0 Å². The van der Waals surface area contributed by atoms with Gasteiger partial charge in [0.15, 0.2) is 0 Å². The van der Waals surface area contributed by atoms with Crippen LogP contribution in [0.3, 0.4) is 0 Å². The zero-order valence-corrected chi connectivity index (χ0v) is 17.3. The van der Waals surface area contributed by atoms with E-state index in [2.05, 4.69) is 20.3 Å². The van der Waals surface area contributed by atoms with Crippen molar-refractivity contribution in [3.05, 3.63) is 30.3 Å². The molecule has 1 nitrogen and oxygen atoms in total. The van der Waals surface area contributed by atoms with Gasteiger partial charge in [-0.1, -0.05) is 76.5 Å². The molecule has 0 aliphatic rings. The van der Waals surface area contributed by atoms with E-state index < -0.39 is 7.26 Å². The van der Waals surface area contributed by atoms with Crippen LogP contribution in [0.25, 0.3) is 0 Å². The fourth-order valence-electron chi connectivity index (χ4n) is 3.07.